The van der Waals surface area contributed by atoms with Gasteiger partial charge in [0.05, 0.1) is 16.3 Å². The normalized spacial score (nSPS) is 11.1. The molecule has 32 heavy (non-hydrogen) atoms. The Bertz CT molecular complexity index is 1320. The molecular formula is C26H20Cl2N2O2. The molecule has 4 nitrogen and oxygen atoms in total. The van der Waals surface area contributed by atoms with Crippen LogP contribution in [0.4, 0.5) is 0 Å². The highest BCUT2D eigenvalue weighted by molar-refractivity contribution is 6.42. The van der Waals surface area contributed by atoms with E-state index in [0.717, 1.165) is 27.5 Å². The summed E-state index contributed by atoms with van der Waals surface area (Å²) in [4.78, 5) is 12.5. The molecule has 0 saturated heterocycles. The molecule has 0 radical (unpaired) electrons. The smallest absolute Gasteiger partial charge is 0.271 e. The largest absolute Gasteiger partial charge is 0.488 e. The molecule has 0 atom stereocenters. The third kappa shape index (κ3) is 4.93. The quantitative estimate of drug-likeness (QED) is 0.253. The number of hydrogen-bond acceptors (Lipinski definition) is 3. The van der Waals surface area contributed by atoms with Gasteiger partial charge in [-0.05, 0) is 53.1 Å². The standard InChI is InChI=1S/C26H20Cl2N2O2/c1-17-6-2-4-8-20(17)26(31)30-29-15-22-21-9-5-3-7-19(21)11-13-25(22)32-16-18-10-12-23(27)24(28)14-18/h2-15H,16H2,1H3,(H,30,31)/b29-15-. The van der Waals surface area contributed by atoms with E-state index in [1.54, 1.807) is 24.4 Å². The zero-order chi connectivity index (χ0) is 22.5. The number of nitrogens with zero attached hydrogens (tertiary/aromatic N) is 1. The lowest BCUT2D eigenvalue weighted by Crippen LogP contribution is -2.18. The molecule has 4 aromatic rings. The van der Waals surface area contributed by atoms with E-state index in [1.165, 1.54) is 0 Å². The number of rotatable bonds is 6. The van der Waals surface area contributed by atoms with Crippen LogP contribution in [0.5, 0.6) is 5.75 Å². The maximum Gasteiger partial charge on any atom is 0.271 e. The minimum atomic E-state index is -0.266. The molecule has 0 unspecified atom stereocenters. The number of aryl methyl sites for hydroxylation is 1. The number of nitrogens with one attached hydrogen (secondary N) is 1. The zero-order valence-electron chi connectivity index (χ0n) is 17.3. The summed E-state index contributed by atoms with van der Waals surface area (Å²) in [6.45, 7) is 2.20. The van der Waals surface area contributed by atoms with Gasteiger partial charge in [0.25, 0.3) is 5.91 Å². The molecular weight excluding hydrogens is 443 g/mol. The topological polar surface area (TPSA) is 50.7 Å². The minimum Gasteiger partial charge on any atom is -0.488 e. The molecule has 0 bridgehead atoms. The van der Waals surface area contributed by atoms with Crippen molar-refractivity contribution in [3.63, 3.8) is 0 Å². The molecule has 160 valence electrons. The summed E-state index contributed by atoms with van der Waals surface area (Å²) >= 11 is 12.1. The van der Waals surface area contributed by atoms with Crippen LogP contribution in [0.15, 0.2) is 84.0 Å². The first-order valence-electron chi connectivity index (χ1n) is 10.0. The van der Waals surface area contributed by atoms with Crippen molar-refractivity contribution in [3.8, 4) is 5.75 Å². The van der Waals surface area contributed by atoms with Gasteiger partial charge in [0.2, 0.25) is 0 Å². The van der Waals surface area contributed by atoms with Crippen molar-refractivity contribution in [1.82, 2.24) is 5.43 Å². The van der Waals surface area contributed by atoms with Gasteiger partial charge in [-0.25, -0.2) is 5.43 Å². The third-order valence-corrected chi connectivity index (χ3v) is 5.80. The average molecular weight is 463 g/mol. The highest BCUT2D eigenvalue weighted by Gasteiger charge is 2.10. The van der Waals surface area contributed by atoms with Crippen LogP contribution in [0.25, 0.3) is 10.8 Å². The summed E-state index contributed by atoms with van der Waals surface area (Å²) in [5.74, 6) is 0.376. The Labute approximate surface area is 196 Å². The highest BCUT2D eigenvalue weighted by Crippen LogP contribution is 2.28. The Morgan fingerprint density at radius 3 is 2.56 bits per heavy atom. The Hall–Kier alpha value is -3.34. The average Bonchev–Trinajstić information content (AvgIpc) is 2.80. The molecule has 0 aliphatic carbocycles. The molecule has 1 amide bonds. The molecule has 0 aromatic heterocycles. The first-order valence-corrected chi connectivity index (χ1v) is 10.8. The number of benzene rings is 4. The van der Waals surface area contributed by atoms with Gasteiger partial charge in [0.1, 0.15) is 12.4 Å². The number of carbonyl (C=O) groups is 1. The van der Waals surface area contributed by atoms with Crippen molar-refractivity contribution < 1.29 is 9.53 Å². The fourth-order valence-corrected chi connectivity index (χ4v) is 3.69. The summed E-state index contributed by atoms with van der Waals surface area (Å²) in [6.07, 6.45) is 1.61. The van der Waals surface area contributed by atoms with E-state index in [-0.39, 0.29) is 5.91 Å². The van der Waals surface area contributed by atoms with E-state index in [2.05, 4.69) is 10.5 Å². The van der Waals surface area contributed by atoms with Crippen molar-refractivity contribution >= 4 is 46.1 Å². The van der Waals surface area contributed by atoms with Crippen LogP contribution in [-0.2, 0) is 6.61 Å². The van der Waals surface area contributed by atoms with E-state index >= 15 is 0 Å². The molecule has 1 N–H and O–H groups in total. The van der Waals surface area contributed by atoms with E-state index < -0.39 is 0 Å². The minimum absolute atomic E-state index is 0.266. The molecule has 0 spiro atoms. The van der Waals surface area contributed by atoms with Crippen molar-refractivity contribution in [2.24, 2.45) is 5.10 Å². The first-order chi connectivity index (χ1) is 15.5. The van der Waals surface area contributed by atoms with Crippen molar-refractivity contribution in [2.75, 3.05) is 0 Å². The second-order valence-corrected chi connectivity index (χ2v) is 8.06. The number of carbonyl (C=O) groups excluding carboxylic acids is 1. The Morgan fingerprint density at radius 1 is 0.969 bits per heavy atom. The Kier molecular flexibility index (Phi) is 6.74. The fraction of sp³-hybridized carbons (Fsp3) is 0.0769. The van der Waals surface area contributed by atoms with E-state index in [4.69, 9.17) is 27.9 Å². The van der Waals surface area contributed by atoms with Crippen LogP contribution in [-0.4, -0.2) is 12.1 Å². The van der Waals surface area contributed by atoms with Crippen molar-refractivity contribution in [1.29, 1.82) is 0 Å². The van der Waals surface area contributed by atoms with Crippen LogP contribution in [0.3, 0.4) is 0 Å². The van der Waals surface area contributed by atoms with Crippen LogP contribution < -0.4 is 10.2 Å². The van der Waals surface area contributed by atoms with Crippen LogP contribution >= 0.6 is 23.2 Å². The Balaban J connectivity index is 1.60. The monoisotopic (exact) mass is 462 g/mol. The van der Waals surface area contributed by atoms with Gasteiger partial charge in [-0.3, -0.25) is 4.79 Å². The van der Waals surface area contributed by atoms with Crippen LogP contribution in [0.1, 0.15) is 27.0 Å². The predicted molar refractivity (Wildman–Crippen MR) is 131 cm³/mol. The molecule has 0 aliphatic rings. The summed E-state index contributed by atoms with van der Waals surface area (Å²) < 4.78 is 6.08. The zero-order valence-corrected chi connectivity index (χ0v) is 18.8. The van der Waals surface area contributed by atoms with Gasteiger partial charge >= 0.3 is 0 Å². The van der Waals surface area contributed by atoms with E-state index in [9.17, 15) is 4.79 Å². The van der Waals surface area contributed by atoms with E-state index in [0.29, 0.717) is 28.0 Å². The molecule has 4 aromatic carbocycles. The van der Waals surface area contributed by atoms with Crippen LogP contribution in [0, 0.1) is 6.92 Å². The number of fused-ring (bicyclic) bond motifs is 1. The second-order valence-electron chi connectivity index (χ2n) is 7.25. The number of hydrogen-bond donors (Lipinski definition) is 1. The third-order valence-electron chi connectivity index (χ3n) is 5.06. The summed E-state index contributed by atoms with van der Waals surface area (Å²) in [6, 6.07) is 24.6. The maximum atomic E-state index is 12.5. The number of hydrazone groups is 1. The van der Waals surface area contributed by atoms with E-state index in [1.807, 2.05) is 67.6 Å². The molecule has 0 heterocycles. The lowest BCUT2D eigenvalue weighted by atomic mass is 10.0. The SMILES string of the molecule is Cc1ccccc1C(=O)N/N=C\c1c(OCc2ccc(Cl)c(Cl)c2)ccc2ccccc12. The molecule has 0 fully saturated rings. The molecule has 0 aliphatic heterocycles. The molecule has 4 rings (SSSR count). The maximum absolute atomic E-state index is 12.5. The fourth-order valence-electron chi connectivity index (χ4n) is 3.37. The predicted octanol–water partition coefficient (Wildman–Crippen LogP) is 6.80. The summed E-state index contributed by atoms with van der Waals surface area (Å²) in [5, 5.41) is 7.19. The molecule has 0 saturated carbocycles. The van der Waals surface area contributed by atoms with Crippen molar-refractivity contribution in [2.45, 2.75) is 13.5 Å². The van der Waals surface area contributed by atoms with Gasteiger partial charge < -0.3 is 4.74 Å². The summed E-state index contributed by atoms with van der Waals surface area (Å²) in [7, 11) is 0. The van der Waals surface area contributed by atoms with Crippen molar-refractivity contribution in [3.05, 3.63) is 111 Å². The second kappa shape index (κ2) is 9.86. The lowest BCUT2D eigenvalue weighted by Gasteiger charge is -2.12. The van der Waals surface area contributed by atoms with Gasteiger partial charge in [-0.15, -0.1) is 0 Å². The highest BCUT2D eigenvalue weighted by atomic mass is 35.5. The van der Waals surface area contributed by atoms with Gasteiger partial charge in [0, 0.05) is 11.1 Å². The van der Waals surface area contributed by atoms with Crippen LogP contribution in [0.2, 0.25) is 10.0 Å². The number of halogens is 2. The van der Waals surface area contributed by atoms with Gasteiger partial charge in [-0.2, -0.15) is 5.10 Å². The summed E-state index contributed by atoms with van der Waals surface area (Å²) in [5.41, 5.74) is 5.74. The molecule has 6 heteroatoms. The Morgan fingerprint density at radius 2 is 1.75 bits per heavy atom. The van der Waals surface area contributed by atoms with Gasteiger partial charge in [-0.1, -0.05) is 77.8 Å². The number of amides is 1. The lowest BCUT2D eigenvalue weighted by molar-refractivity contribution is 0.0954. The van der Waals surface area contributed by atoms with Gasteiger partial charge in [0.15, 0.2) is 0 Å². The first kappa shape index (κ1) is 21.9. The number of ether oxygens (including phenoxy) is 1.